The Morgan fingerprint density at radius 2 is 1.67 bits per heavy atom. The molecule has 0 atom stereocenters. The molecule has 0 radical (unpaired) electrons. The fourth-order valence-electron chi connectivity index (χ4n) is 3.49. The van der Waals surface area contributed by atoms with Crippen molar-refractivity contribution in [3.8, 4) is 11.6 Å². The second-order valence-electron chi connectivity index (χ2n) is 7.53. The number of nitrogens with zero attached hydrogens (tertiary/aromatic N) is 3. The smallest absolute Gasteiger partial charge is 0.263 e. The Morgan fingerprint density at radius 1 is 0.967 bits per heavy atom. The van der Waals surface area contributed by atoms with Gasteiger partial charge in [0.15, 0.2) is 5.82 Å². The number of hydrogen-bond acceptors (Lipinski definition) is 5. The molecule has 0 saturated carbocycles. The van der Waals surface area contributed by atoms with Gasteiger partial charge in [0.25, 0.3) is 11.8 Å². The van der Waals surface area contributed by atoms with Crippen molar-refractivity contribution >= 4 is 11.7 Å². The summed E-state index contributed by atoms with van der Waals surface area (Å²) in [6, 6.07) is 15.2. The number of amides is 1. The van der Waals surface area contributed by atoms with Crippen LogP contribution in [0.15, 0.2) is 60.9 Å². The van der Waals surface area contributed by atoms with E-state index in [9.17, 15) is 4.79 Å². The van der Waals surface area contributed by atoms with E-state index in [0.29, 0.717) is 23.7 Å². The summed E-state index contributed by atoms with van der Waals surface area (Å²) in [5.41, 5.74) is 2.86. The molecule has 0 spiro atoms. The van der Waals surface area contributed by atoms with Crippen molar-refractivity contribution in [2.75, 3.05) is 18.0 Å². The van der Waals surface area contributed by atoms with Crippen molar-refractivity contribution < 1.29 is 9.53 Å². The van der Waals surface area contributed by atoms with Crippen LogP contribution >= 0.6 is 0 Å². The topological polar surface area (TPSA) is 67.3 Å². The van der Waals surface area contributed by atoms with E-state index in [1.54, 1.807) is 36.7 Å². The summed E-state index contributed by atoms with van der Waals surface area (Å²) in [7, 11) is 0. The molecule has 1 aromatic heterocycles. The van der Waals surface area contributed by atoms with Gasteiger partial charge in [-0.15, -0.1) is 0 Å². The van der Waals surface area contributed by atoms with E-state index in [0.717, 1.165) is 37.3 Å². The van der Waals surface area contributed by atoms with Crippen molar-refractivity contribution in [1.29, 1.82) is 0 Å². The molecule has 3 aromatic rings. The molecule has 0 aliphatic carbocycles. The minimum Gasteiger partial charge on any atom is -0.436 e. The Kier molecular flexibility index (Phi) is 6.23. The fraction of sp³-hybridized carbons (Fsp3) is 0.292. The first-order valence-corrected chi connectivity index (χ1v) is 10.4. The van der Waals surface area contributed by atoms with Gasteiger partial charge in [-0.1, -0.05) is 29.8 Å². The summed E-state index contributed by atoms with van der Waals surface area (Å²) in [6.45, 7) is 4.48. The molecule has 0 bridgehead atoms. The van der Waals surface area contributed by atoms with E-state index >= 15 is 0 Å². The quantitative estimate of drug-likeness (QED) is 0.658. The highest BCUT2D eigenvalue weighted by Gasteiger charge is 2.18. The van der Waals surface area contributed by atoms with Crippen LogP contribution in [-0.2, 0) is 6.54 Å². The van der Waals surface area contributed by atoms with Crippen molar-refractivity contribution in [2.24, 2.45) is 0 Å². The molecule has 1 N–H and O–H groups in total. The van der Waals surface area contributed by atoms with E-state index in [2.05, 4.69) is 20.2 Å². The highest BCUT2D eigenvalue weighted by Crippen LogP contribution is 2.29. The number of benzene rings is 2. The Labute approximate surface area is 176 Å². The molecule has 4 rings (SSSR count). The van der Waals surface area contributed by atoms with Crippen LogP contribution in [0.3, 0.4) is 0 Å². The number of ether oxygens (including phenoxy) is 1. The van der Waals surface area contributed by atoms with Gasteiger partial charge in [-0.25, -0.2) is 9.97 Å². The molecule has 1 saturated heterocycles. The van der Waals surface area contributed by atoms with Gasteiger partial charge in [0.05, 0.1) is 0 Å². The Balaban J connectivity index is 1.39. The van der Waals surface area contributed by atoms with Gasteiger partial charge in [0.1, 0.15) is 5.75 Å². The van der Waals surface area contributed by atoms with Gasteiger partial charge in [-0.05, 0) is 56.0 Å². The zero-order valence-corrected chi connectivity index (χ0v) is 17.2. The molecule has 154 valence electrons. The van der Waals surface area contributed by atoms with Crippen LogP contribution in [0.4, 0.5) is 5.82 Å². The Morgan fingerprint density at radius 3 is 2.40 bits per heavy atom. The first-order valence-electron chi connectivity index (χ1n) is 10.4. The summed E-state index contributed by atoms with van der Waals surface area (Å²) in [5.74, 6) is 1.78. The maximum atomic E-state index is 12.4. The predicted molar refractivity (Wildman–Crippen MR) is 117 cm³/mol. The zero-order chi connectivity index (χ0) is 20.8. The molecule has 1 aliphatic heterocycles. The summed E-state index contributed by atoms with van der Waals surface area (Å²) in [6.07, 6.45) is 6.89. The number of aryl methyl sites for hydroxylation is 1. The maximum absolute atomic E-state index is 12.4. The Hall–Kier alpha value is -3.41. The molecule has 6 heteroatoms. The third-order valence-corrected chi connectivity index (χ3v) is 5.21. The molecular formula is C24H26N4O2. The fourth-order valence-corrected chi connectivity index (χ4v) is 3.49. The highest BCUT2D eigenvalue weighted by atomic mass is 16.5. The largest absolute Gasteiger partial charge is 0.436 e. The second-order valence-corrected chi connectivity index (χ2v) is 7.53. The van der Waals surface area contributed by atoms with E-state index in [1.165, 1.54) is 12.0 Å². The number of rotatable bonds is 6. The second kappa shape index (κ2) is 9.39. The number of piperidine rings is 1. The average molecular weight is 402 g/mol. The number of hydrogen-bond donors (Lipinski definition) is 1. The number of aromatic nitrogens is 2. The van der Waals surface area contributed by atoms with Crippen LogP contribution in [0.1, 0.15) is 40.7 Å². The highest BCUT2D eigenvalue weighted by molar-refractivity contribution is 5.94. The van der Waals surface area contributed by atoms with Crippen molar-refractivity contribution in [3.05, 3.63) is 77.6 Å². The SMILES string of the molecule is Cc1ccc(CNC(=O)c2ccc(Oc3nccnc3N3CCCCC3)cc2)cc1. The molecule has 1 fully saturated rings. The van der Waals surface area contributed by atoms with Crippen LogP contribution in [0.25, 0.3) is 0 Å². The van der Waals surface area contributed by atoms with Crippen molar-refractivity contribution in [1.82, 2.24) is 15.3 Å². The number of carbonyl (C=O) groups is 1. The van der Waals surface area contributed by atoms with Gasteiger partial charge in [0, 0.05) is 37.6 Å². The minimum absolute atomic E-state index is 0.115. The predicted octanol–water partition coefficient (Wildman–Crippen LogP) is 4.50. The Bertz CT molecular complexity index is 981. The lowest BCUT2D eigenvalue weighted by Gasteiger charge is -2.28. The third-order valence-electron chi connectivity index (χ3n) is 5.21. The molecule has 2 heterocycles. The lowest BCUT2D eigenvalue weighted by molar-refractivity contribution is 0.0951. The monoisotopic (exact) mass is 402 g/mol. The van der Waals surface area contributed by atoms with Crippen LogP contribution < -0.4 is 15.0 Å². The van der Waals surface area contributed by atoms with Crippen LogP contribution in [-0.4, -0.2) is 29.0 Å². The summed E-state index contributed by atoms with van der Waals surface area (Å²) >= 11 is 0. The van der Waals surface area contributed by atoms with Crippen LogP contribution in [0.5, 0.6) is 11.6 Å². The van der Waals surface area contributed by atoms with Crippen LogP contribution in [0.2, 0.25) is 0 Å². The summed E-state index contributed by atoms with van der Waals surface area (Å²) in [5, 5.41) is 2.95. The molecule has 0 unspecified atom stereocenters. The number of carbonyl (C=O) groups excluding carboxylic acids is 1. The number of anilines is 1. The lowest BCUT2D eigenvalue weighted by Crippen LogP contribution is -2.30. The van der Waals surface area contributed by atoms with E-state index < -0.39 is 0 Å². The van der Waals surface area contributed by atoms with Gasteiger partial charge >= 0.3 is 0 Å². The first-order chi connectivity index (χ1) is 14.7. The van der Waals surface area contributed by atoms with E-state index in [-0.39, 0.29) is 5.91 Å². The molecule has 6 nitrogen and oxygen atoms in total. The van der Waals surface area contributed by atoms with Gasteiger partial charge < -0.3 is 15.0 Å². The van der Waals surface area contributed by atoms with E-state index in [1.807, 2.05) is 31.2 Å². The van der Waals surface area contributed by atoms with Crippen molar-refractivity contribution in [3.63, 3.8) is 0 Å². The van der Waals surface area contributed by atoms with Gasteiger partial charge in [-0.3, -0.25) is 4.79 Å². The maximum Gasteiger partial charge on any atom is 0.263 e. The summed E-state index contributed by atoms with van der Waals surface area (Å²) in [4.78, 5) is 23.5. The standard InChI is InChI=1S/C24H26N4O2/c1-18-5-7-19(8-6-18)17-27-23(29)20-9-11-21(12-10-20)30-24-22(25-13-14-26-24)28-15-3-2-4-16-28/h5-14H,2-4,15-17H2,1H3,(H,27,29). The molecule has 30 heavy (non-hydrogen) atoms. The molecule has 2 aromatic carbocycles. The van der Waals surface area contributed by atoms with Gasteiger partial charge in [0.2, 0.25) is 0 Å². The van der Waals surface area contributed by atoms with Gasteiger partial charge in [-0.2, -0.15) is 0 Å². The van der Waals surface area contributed by atoms with Crippen LogP contribution in [0, 0.1) is 6.92 Å². The van der Waals surface area contributed by atoms with E-state index in [4.69, 9.17) is 4.74 Å². The number of nitrogens with one attached hydrogen (secondary N) is 1. The molecule has 1 amide bonds. The third kappa shape index (κ3) is 4.95. The molecule has 1 aliphatic rings. The summed E-state index contributed by atoms with van der Waals surface area (Å²) < 4.78 is 5.99. The zero-order valence-electron chi connectivity index (χ0n) is 17.2. The lowest BCUT2D eigenvalue weighted by atomic mass is 10.1. The first kappa shape index (κ1) is 19.9. The van der Waals surface area contributed by atoms with Crippen molar-refractivity contribution in [2.45, 2.75) is 32.7 Å². The average Bonchev–Trinajstić information content (AvgIpc) is 2.80. The molecular weight excluding hydrogens is 376 g/mol. The normalized spacial score (nSPS) is 13.7. The minimum atomic E-state index is -0.115.